The van der Waals surface area contributed by atoms with Crippen LogP contribution in [-0.2, 0) is 0 Å². The van der Waals surface area contributed by atoms with Crippen LogP contribution >= 0.6 is 0 Å². The molecule has 4 heteroatoms. The summed E-state index contributed by atoms with van der Waals surface area (Å²) in [6.45, 7) is 0. The Morgan fingerprint density at radius 2 is 2.36 bits per heavy atom. The highest BCUT2D eigenvalue weighted by atomic mass is 19.1. The molecule has 3 nitrogen and oxygen atoms in total. The number of rotatable bonds is 3. The van der Waals surface area contributed by atoms with E-state index in [1.54, 1.807) is 12.1 Å². The van der Waals surface area contributed by atoms with Gasteiger partial charge in [0, 0.05) is 11.6 Å². The van der Waals surface area contributed by atoms with Gasteiger partial charge in [-0.15, -0.1) is 0 Å². The summed E-state index contributed by atoms with van der Waals surface area (Å²) >= 11 is 0. The molecule has 1 rings (SSSR count). The van der Waals surface area contributed by atoms with Crippen molar-refractivity contribution in [1.82, 2.24) is 0 Å². The minimum atomic E-state index is -0.602. The molecule has 0 aliphatic heterocycles. The van der Waals surface area contributed by atoms with Crippen molar-refractivity contribution in [1.29, 1.82) is 5.26 Å². The summed E-state index contributed by atoms with van der Waals surface area (Å²) in [4.78, 5) is 0. The number of ether oxygens (including phenoxy) is 1. The van der Waals surface area contributed by atoms with Crippen molar-refractivity contribution >= 4 is 0 Å². The average molecular weight is 194 g/mol. The monoisotopic (exact) mass is 194 g/mol. The molecule has 1 aromatic rings. The summed E-state index contributed by atoms with van der Waals surface area (Å²) in [6.07, 6.45) is 0.0874. The molecular formula is C10H11FN2O. The Balaban J connectivity index is 3.04. The van der Waals surface area contributed by atoms with Crippen molar-refractivity contribution in [2.24, 2.45) is 5.73 Å². The van der Waals surface area contributed by atoms with Crippen molar-refractivity contribution in [3.63, 3.8) is 0 Å². The van der Waals surface area contributed by atoms with Crippen LogP contribution in [0.15, 0.2) is 18.2 Å². The van der Waals surface area contributed by atoms with Gasteiger partial charge in [-0.25, -0.2) is 4.39 Å². The molecule has 0 spiro atoms. The summed E-state index contributed by atoms with van der Waals surface area (Å²) in [5.74, 6) is -0.339. The Morgan fingerprint density at radius 1 is 1.64 bits per heavy atom. The largest absolute Gasteiger partial charge is 0.494 e. The maximum atomic E-state index is 13.5. The van der Waals surface area contributed by atoms with Crippen LogP contribution in [0.4, 0.5) is 4.39 Å². The lowest BCUT2D eigenvalue weighted by atomic mass is 10.0. The minimum absolute atomic E-state index is 0.0874. The van der Waals surface area contributed by atoms with Gasteiger partial charge in [0.1, 0.15) is 0 Å². The summed E-state index contributed by atoms with van der Waals surface area (Å²) < 4.78 is 18.3. The lowest BCUT2D eigenvalue weighted by Crippen LogP contribution is -2.11. The molecule has 1 unspecified atom stereocenters. The fourth-order valence-corrected chi connectivity index (χ4v) is 1.18. The van der Waals surface area contributed by atoms with Crippen LogP contribution in [0.3, 0.4) is 0 Å². The third-order valence-electron chi connectivity index (χ3n) is 1.92. The molecular weight excluding hydrogens is 183 g/mol. The van der Waals surface area contributed by atoms with Crippen LogP contribution in [-0.4, -0.2) is 7.11 Å². The maximum Gasteiger partial charge on any atom is 0.169 e. The van der Waals surface area contributed by atoms with Crippen LogP contribution < -0.4 is 10.5 Å². The smallest absolute Gasteiger partial charge is 0.169 e. The Labute approximate surface area is 81.9 Å². The second kappa shape index (κ2) is 4.58. The molecule has 0 aliphatic rings. The molecule has 0 radical (unpaired) electrons. The fraction of sp³-hybridized carbons (Fsp3) is 0.300. The van der Waals surface area contributed by atoms with E-state index in [2.05, 4.69) is 0 Å². The van der Waals surface area contributed by atoms with E-state index in [1.807, 2.05) is 6.07 Å². The molecule has 1 atom stereocenters. The third-order valence-corrected chi connectivity index (χ3v) is 1.92. The maximum absolute atomic E-state index is 13.5. The van der Waals surface area contributed by atoms with Crippen molar-refractivity contribution in [3.05, 3.63) is 29.6 Å². The van der Waals surface area contributed by atoms with Gasteiger partial charge in [0.2, 0.25) is 0 Å². The number of hydrogen-bond acceptors (Lipinski definition) is 3. The van der Waals surface area contributed by atoms with Crippen molar-refractivity contribution in [3.8, 4) is 11.8 Å². The number of nitrogens with zero attached hydrogens (tertiary/aromatic N) is 1. The molecule has 0 bridgehead atoms. The van der Waals surface area contributed by atoms with Crippen LogP contribution in [0.5, 0.6) is 5.75 Å². The highest BCUT2D eigenvalue weighted by molar-refractivity contribution is 5.33. The zero-order valence-corrected chi connectivity index (χ0v) is 7.83. The van der Waals surface area contributed by atoms with Gasteiger partial charge in [-0.2, -0.15) is 5.26 Å². The van der Waals surface area contributed by atoms with Crippen molar-refractivity contribution < 1.29 is 9.13 Å². The lowest BCUT2D eigenvalue weighted by Gasteiger charge is -2.11. The zero-order valence-electron chi connectivity index (χ0n) is 7.83. The highest BCUT2D eigenvalue weighted by Gasteiger charge is 2.14. The number of nitrogens with two attached hydrogens (primary N) is 1. The Hall–Kier alpha value is -1.60. The zero-order chi connectivity index (χ0) is 10.6. The van der Waals surface area contributed by atoms with Crippen LogP contribution in [0.25, 0.3) is 0 Å². The quantitative estimate of drug-likeness (QED) is 0.797. The first-order valence-corrected chi connectivity index (χ1v) is 4.15. The predicted molar refractivity (Wildman–Crippen MR) is 50.1 cm³/mol. The molecule has 0 saturated heterocycles. The van der Waals surface area contributed by atoms with Gasteiger partial charge in [-0.1, -0.05) is 12.1 Å². The number of hydrogen-bond donors (Lipinski definition) is 1. The molecule has 74 valence electrons. The SMILES string of the molecule is COc1cccc(C(N)CC#N)c1F. The van der Waals surface area contributed by atoms with E-state index in [0.29, 0.717) is 5.56 Å². The van der Waals surface area contributed by atoms with Crippen LogP contribution in [0.1, 0.15) is 18.0 Å². The van der Waals surface area contributed by atoms with Gasteiger partial charge in [0.15, 0.2) is 11.6 Å². The number of halogens is 1. The van der Waals surface area contributed by atoms with Gasteiger partial charge >= 0.3 is 0 Å². The van der Waals surface area contributed by atoms with E-state index in [4.69, 9.17) is 15.7 Å². The number of methoxy groups -OCH3 is 1. The van der Waals surface area contributed by atoms with E-state index in [1.165, 1.54) is 13.2 Å². The van der Waals surface area contributed by atoms with E-state index in [-0.39, 0.29) is 12.2 Å². The Kier molecular flexibility index (Phi) is 3.43. The fourth-order valence-electron chi connectivity index (χ4n) is 1.18. The average Bonchev–Trinajstić information content (AvgIpc) is 2.18. The molecule has 1 aromatic carbocycles. The molecule has 0 aromatic heterocycles. The Bertz CT molecular complexity index is 360. The standard InChI is InChI=1S/C10H11FN2O/c1-14-9-4-2-3-7(10(9)11)8(13)5-6-12/h2-4,8H,5,13H2,1H3. The van der Waals surface area contributed by atoms with Gasteiger partial charge < -0.3 is 10.5 Å². The first-order valence-electron chi connectivity index (χ1n) is 4.15. The van der Waals surface area contributed by atoms with E-state index >= 15 is 0 Å². The summed E-state index contributed by atoms with van der Waals surface area (Å²) in [6, 6.07) is 6.01. The van der Waals surface area contributed by atoms with Crippen LogP contribution in [0, 0.1) is 17.1 Å². The summed E-state index contributed by atoms with van der Waals surface area (Å²) in [5.41, 5.74) is 5.92. The van der Waals surface area contributed by atoms with Crippen molar-refractivity contribution in [2.75, 3.05) is 7.11 Å². The lowest BCUT2D eigenvalue weighted by molar-refractivity contribution is 0.382. The number of benzene rings is 1. The summed E-state index contributed by atoms with van der Waals surface area (Å²) in [5, 5.41) is 8.43. The first-order chi connectivity index (χ1) is 6.70. The molecule has 0 amide bonds. The van der Waals surface area contributed by atoms with E-state index in [9.17, 15) is 4.39 Å². The van der Waals surface area contributed by atoms with Gasteiger partial charge in [-0.05, 0) is 6.07 Å². The van der Waals surface area contributed by atoms with Crippen LogP contribution in [0.2, 0.25) is 0 Å². The second-order valence-electron chi connectivity index (χ2n) is 2.83. The van der Waals surface area contributed by atoms with E-state index < -0.39 is 11.9 Å². The Morgan fingerprint density at radius 3 is 2.93 bits per heavy atom. The predicted octanol–water partition coefficient (Wildman–Crippen LogP) is 1.75. The third kappa shape index (κ3) is 2.01. The molecule has 14 heavy (non-hydrogen) atoms. The molecule has 0 aliphatic carbocycles. The van der Waals surface area contributed by atoms with E-state index in [0.717, 1.165) is 0 Å². The summed E-state index contributed by atoms with van der Waals surface area (Å²) in [7, 11) is 1.39. The van der Waals surface area contributed by atoms with Gasteiger partial charge in [0.05, 0.1) is 19.6 Å². The van der Waals surface area contributed by atoms with Gasteiger partial charge in [-0.3, -0.25) is 0 Å². The topological polar surface area (TPSA) is 59.0 Å². The highest BCUT2D eigenvalue weighted by Crippen LogP contribution is 2.24. The molecule has 0 fully saturated rings. The second-order valence-corrected chi connectivity index (χ2v) is 2.83. The first kappa shape index (κ1) is 10.5. The molecule has 2 N–H and O–H groups in total. The number of nitriles is 1. The normalized spacial score (nSPS) is 11.9. The van der Waals surface area contributed by atoms with Crippen molar-refractivity contribution in [2.45, 2.75) is 12.5 Å². The molecule has 0 saturated carbocycles. The molecule has 0 heterocycles. The van der Waals surface area contributed by atoms with Gasteiger partial charge in [0.25, 0.3) is 0 Å². The minimum Gasteiger partial charge on any atom is -0.494 e.